The Hall–Kier alpha value is -0.890. The molecule has 1 aromatic heterocycles. The molecule has 2 heterocycles. The van der Waals surface area contributed by atoms with E-state index in [4.69, 9.17) is 0 Å². The Kier molecular flexibility index (Phi) is 2.09. The zero-order chi connectivity index (χ0) is 8.39. The van der Waals surface area contributed by atoms with E-state index in [-0.39, 0.29) is 0 Å². The molecular formula is C10H11NS. The largest absolute Gasteiger partial charge is 0.293 e. The van der Waals surface area contributed by atoms with Gasteiger partial charge in [-0.3, -0.25) is 4.99 Å². The molecule has 1 nitrogen and oxygen atoms in total. The molecule has 12 heavy (non-hydrogen) atoms. The van der Waals surface area contributed by atoms with Gasteiger partial charge in [0.1, 0.15) is 0 Å². The predicted molar refractivity (Wildman–Crippen MR) is 55.0 cm³/mol. The lowest BCUT2D eigenvalue weighted by Crippen LogP contribution is -1.91. The Morgan fingerprint density at radius 2 is 2.42 bits per heavy atom. The van der Waals surface area contributed by atoms with Crippen LogP contribution in [-0.4, -0.2) is 12.8 Å². The molecule has 1 aliphatic heterocycles. The normalized spacial score (nSPS) is 16.2. The quantitative estimate of drug-likeness (QED) is 0.625. The summed E-state index contributed by atoms with van der Waals surface area (Å²) >= 11 is 1.81. The first kappa shape index (κ1) is 7.74. The van der Waals surface area contributed by atoms with Crippen LogP contribution in [0.5, 0.6) is 0 Å². The van der Waals surface area contributed by atoms with E-state index in [9.17, 15) is 0 Å². The highest BCUT2D eigenvalue weighted by atomic mass is 32.1. The Bertz CT molecular complexity index is 333. The number of dihydropyridines is 1. The third kappa shape index (κ3) is 1.48. The minimum atomic E-state index is 0.851. The zero-order valence-corrected chi connectivity index (χ0v) is 7.90. The van der Waals surface area contributed by atoms with Crippen LogP contribution in [-0.2, 0) is 0 Å². The number of thiophene rings is 1. The first-order valence-corrected chi connectivity index (χ1v) is 4.97. The van der Waals surface area contributed by atoms with Gasteiger partial charge in [-0.15, -0.1) is 11.3 Å². The second-order valence-corrected chi connectivity index (χ2v) is 4.04. The van der Waals surface area contributed by atoms with Crippen molar-refractivity contribution in [3.8, 4) is 0 Å². The fraction of sp³-hybridized carbons (Fsp3) is 0.300. The van der Waals surface area contributed by atoms with E-state index in [0.717, 1.165) is 13.0 Å². The molecule has 2 rings (SSSR count). The van der Waals surface area contributed by atoms with Crippen molar-refractivity contribution in [2.24, 2.45) is 4.99 Å². The maximum Gasteiger partial charge on any atom is 0.0572 e. The number of aliphatic imine (C=N–C) groups is 1. The highest BCUT2D eigenvalue weighted by Crippen LogP contribution is 2.24. The highest BCUT2D eigenvalue weighted by Gasteiger charge is 2.03. The first-order valence-electron chi connectivity index (χ1n) is 4.09. The summed E-state index contributed by atoms with van der Waals surface area (Å²) in [6.07, 6.45) is 5.21. The van der Waals surface area contributed by atoms with E-state index in [1.54, 1.807) is 0 Å². The Morgan fingerprint density at radius 3 is 3.00 bits per heavy atom. The first-order chi connectivity index (χ1) is 5.86. The summed E-state index contributed by atoms with van der Waals surface area (Å²) in [5.41, 5.74) is 2.80. The molecule has 1 aliphatic rings. The number of hydrogen-bond acceptors (Lipinski definition) is 2. The molecule has 0 spiro atoms. The standard InChI is InChI=1S/C10H11NS/c1-8-6-10(7-12-8)9-2-4-11-5-3-9/h2,5-7H,3-4H2,1H3. The summed E-state index contributed by atoms with van der Waals surface area (Å²) in [6.45, 7) is 3.00. The van der Waals surface area contributed by atoms with E-state index in [0.29, 0.717) is 0 Å². The smallest absolute Gasteiger partial charge is 0.0572 e. The van der Waals surface area contributed by atoms with Crippen LogP contribution in [0, 0.1) is 6.92 Å². The van der Waals surface area contributed by atoms with Crippen molar-refractivity contribution in [1.82, 2.24) is 0 Å². The lowest BCUT2D eigenvalue weighted by molar-refractivity contribution is 1.20. The molecule has 0 aliphatic carbocycles. The van der Waals surface area contributed by atoms with Crippen LogP contribution >= 0.6 is 11.3 Å². The van der Waals surface area contributed by atoms with Crippen molar-refractivity contribution in [3.63, 3.8) is 0 Å². The van der Waals surface area contributed by atoms with Gasteiger partial charge in [0, 0.05) is 17.5 Å². The monoisotopic (exact) mass is 177 g/mol. The van der Waals surface area contributed by atoms with Crippen LogP contribution in [0.1, 0.15) is 16.9 Å². The Morgan fingerprint density at radius 1 is 1.50 bits per heavy atom. The summed E-state index contributed by atoms with van der Waals surface area (Å²) in [7, 11) is 0. The summed E-state index contributed by atoms with van der Waals surface area (Å²) in [4.78, 5) is 5.54. The van der Waals surface area contributed by atoms with Gasteiger partial charge in [-0.2, -0.15) is 0 Å². The molecule has 0 fully saturated rings. The number of rotatable bonds is 1. The fourth-order valence-electron chi connectivity index (χ4n) is 1.33. The minimum Gasteiger partial charge on any atom is -0.293 e. The molecule has 0 atom stereocenters. The van der Waals surface area contributed by atoms with Crippen molar-refractivity contribution in [1.29, 1.82) is 0 Å². The van der Waals surface area contributed by atoms with Gasteiger partial charge in [0.25, 0.3) is 0 Å². The summed E-state index contributed by atoms with van der Waals surface area (Å²) in [5, 5.41) is 2.22. The second kappa shape index (κ2) is 3.23. The molecule has 62 valence electrons. The average molecular weight is 177 g/mol. The number of hydrogen-bond donors (Lipinski definition) is 0. The van der Waals surface area contributed by atoms with Gasteiger partial charge in [-0.25, -0.2) is 0 Å². The van der Waals surface area contributed by atoms with E-state index in [1.165, 1.54) is 16.0 Å². The third-order valence-corrected chi connectivity index (χ3v) is 2.85. The Balaban J connectivity index is 2.25. The van der Waals surface area contributed by atoms with Crippen molar-refractivity contribution < 1.29 is 0 Å². The van der Waals surface area contributed by atoms with E-state index in [1.807, 2.05) is 17.6 Å². The third-order valence-electron chi connectivity index (χ3n) is 1.98. The maximum atomic E-state index is 4.16. The molecule has 0 bridgehead atoms. The molecule has 0 radical (unpaired) electrons. The van der Waals surface area contributed by atoms with E-state index < -0.39 is 0 Å². The second-order valence-electron chi connectivity index (χ2n) is 2.93. The molecule has 1 aromatic rings. The topological polar surface area (TPSA) is 12.4 Å². The average Bonchev–Trinajstić information content (AvgIpc) is 2.54. The van der Waals surface area contributed by atoms with Crippen LogP contribution in [0.3, 0.4) is 0 Å². The molecule has 0 saturated heterocycles. The summed E-state index contributed by atoms with van der Waals surface area (Å²) in [5.74, 6) is 0. The van der Waals surface area contributed by atoms with Crippen LogP contribution in [0.4, 0.5) is 0 Å². The molecule has 0 N–H and O–H groups in total. The van der Waals surface area contributed by atoms with Gasteiger partial charge >= 0.3 is 0 Å². The van der Waals surface area contributed by atoms with Crippen LogP contribution in [0.2, 0.25) is 0 Å². The van der Waals surface area contributed by atoms with Gasteiger partial charge in [-0.1, -0.05) is 6.08 Å². The highest BCUT2D eigenvalue weighted by molar-refractivity contribution is 7.10. The van der Waals surface area contributed by atoms with Crippen molar-refractivity contribution >= 4 is 23.1 Å². The Labute approximate surface area is 76.5 Å². The van der Waals surface area contributed by atoms with Crippen molar-refractivity contribution in [2.75, 3.05) is 6.54 Å². The molecule has 2 heteroatoms. The molecule has 0 amide bonds. The van der Waals surface area contributed by atoms with Crippen molar-refractivity contribution in [3.05, 3.63) is 28.0 Å². The van der Waals surface area contributed by atoms with Gasteiger partial charge in [0.05, 0.1) is 6.54 Å². The van der Waals surface area contributed by atoms with Crippen LogP contribution in [0.25, 0.3) is 5.57 Å². The lowest BCUT2D eigenvalue weighted by atomic mass is 10.0. The van der Waals surface area contributed by atoms with E-state index >= 15 is 0 Å². The van der Waals surface area contributed by atoms with Crippen LogP contribution < -0.4 is 0 Å². The zero-order valence-electron chi connectivity index (χ0n) is 7.08. The molecule has 0 saturated carbocycles. The van der Waals surface area contributed by atoms with Crippen molar-refractivity contribution in [2.45, 2.75) is 13.3 Å². The number of nitrogens with zero attached hydrogens (tertiary/aromatic N) is 1. The predicted octanol–water partition coefficient (Wildman–Crippen LogP) is 2.91. The lowest BCUT2D eigenvalue weighted by Gasteiger charge is -2.04. The summed E-state index contributed by atoms with van der Waals surface area (Å²) < 4.78 is 0. The van der Waals surface area contributed by atoms with E-state index in [2.05, 4.69) is 29.4 Å². The van der Waals surface area contributed by atoms with Gasteiger partial charge in [-0.05, 0) is 29.5 Å². The molecular weight excluding hydrogens is 166 g/mol. The fourth-order valence-corrected chi connectivity index (χ4v) is 2.06. The minimum absolute atomic E-state index is 0.851. The van der Waals surface area contributed by atoms with Gasteiger partial charge < -0.3 is 0 Å². The van der Waals surface area contributed by atoms with Gasteiger partial charge in [0.15, 0.2) is 0 Å². The molecule has 0 unspecified atom stereocenters. The summed E-state index contributed by atoms with van der Waals surface area (Å²) in [6, 6.07) is 2.25. The number of allylic oxidation sites excluding steroid dienone is 1. The number of aryl methyl sites for hydroxylation is 1. The SMILES string of the molecule is Cc1cc(C2=CCN=CC2)cs1. The van der Waals surface area contributed by atoms with Crippen LogP contribution in [0.15, 0.2) is 22.5 Å². The maximum absolute atomic E-state index is 4.16. The van der Waals surface area contributed by atoms with Gasteiger partial charge in [0.2, 0.25) is 0 Å². The molecule has 0 aromatic carbocycles.